The summed E-state index contributed by atoms with van der Waals surface area (Å²) in [5.74, 6) is 0.0197. The van der Waals surface area contributed by atoms with Gasteiger partial charge in [0.25, 0.3) is 0 Å². The summed E-state index contributed by atoms with van der Waals surface area (Å²) in [5.41, 5.74) is 0. The number of aliphatic hydroxyl groups is 2. The minimum absolute atomic E-state index is 0.0950. The zero-order valence-electron chi connectivity index (χ0n) is 16.3. The number of carbonyl (C=O) groups is 2. The maximum atomic E-state index is 11.5. The van der Waals surface area contributed by atoms with Gasteiger partial charge >= 0.3 is 0 Å². The van der Waals surface area contributed by atoms with Crippen molar-refractivity contribution in [1.82, 2.24) is 5.32 Å². The van der Waals surface area contributed by atoms with Crippen molar-refractivity contribution >= 4 is 11.7 Å². The summed E-state index contributed by atoms with van der Waals surface area (Å²) in [7, 11) is 0. The number of ether oxygens (including phenoxy) is 4. The smallest absolute Gasteiger partial charge is 0.220 e. The lowest BCUT2D eigenvalue weighted by Crippen LogP contribution is -2.27. The topological polar surface area (TPSA) is 124 Å². The molecule has 0 rings (SSSR count). The summed E-state index contributed by atoms with van der Waals surface area (Å²) in [6.45, 7) is 5.27. The predicted molar refractivity (Wildman–Crippen MR) is 98.5 cm³/mol. The van der Waals surface area contributed by atoms with Crippen molar-refractivity contribution in [3.8, 4) is 0 Å². The fourth-order valence-electron chi connectivity index (χ4n) is 1.92. The molecule has 0 bridgehead atoms. The first-order valence-corrected chi connectivity index (χ1v) is 9.42. The van der Waals surface area contributed by atoms with E-state index in [9.17, 15) is 9.59 Å². The van der Waals surface area contributed by atoms with Crippen molar-refractivity contribution < 1.29 is 38.7 Å². The van der Waals surface area contributed by atoms with Crippen molar-refractivity contribution in [2.24, 2.45) is 0 Å². The fourth-order valence-corrected chi connectivity index (χ4v) is 1.92. The van der Waals surface area contributed by atoms with Gasteiger partial charge in [-0.2, -0.15) is 0 Å². The molecule has 0 aliphatic carbocycles. The number of Topliss-reactive ketones (excluding diaryl/α,β-unsaturated/α-hetero) is 1. The number of aliphatic hydroxyl groups excluding tert-OH is 2. The lowest BCUT2D eigenvalue weighted by Gasteiger charge is -2.09. The van der Waals surface area contributed by atoms with Gasteiger partial charge in [-0.05, 0) is 19.8 Å². The Kier molecular flexibility index (Phi) is 18.9. The van der Waals surface area contributed by atoms with Crippen LogP contribution in [0.1, 0.15) is 32.6 Å². The first kappa shape index (κ1) is 25.9. The molecule has 1 amide bonds. The second kappa shape index (κ2) is 19.7. The van der Waals surface area contributed by atoms with E-state index in [1.165, 1.54) is 6.92 Å². The van der Waals surface area contributed by atoms with Crippen LogP contribution in [0.2, 0.25) is 0 Å². The van der Waals surface area contributed by atoms with Crippen LogP contribution in [0.5, 0.6) is 0 Å². The average Bonchev–Trinajstić information content (AvgIpc) is 2.64. The number of nitrogens with one attached hydrogen (secondary N) is 1. The molecular formula is C18H35NO8. The number of hydrogen-bond acceptors (Lipinski definition) is 8. The molecule has 0 aromatic heterocycles. The molecule has 1 unspecified atom stereocenters. The number of ketones is 1. The lowest BCUT2D eigenvalue weighted by atomic mass is 10.1. The largest absolute Gasteiger partial charge is 0.394 e. The number of carbonyl (C=O) groups excluding carboxylic acids is 2. The second-order valence-electron chi connectivity index (χ2n) is 5.98. The Morgan fingerprint density at radius 3 is 1.89 bits per heavy atom. The molecule has 0 fully saturated rings. The van der Waals surface area contributed by atoms with Gasteiger partial charge in [-0.1, -0.05) is 0 Å². The van der Waals surface area contributed by atoms with Crippen LogP contribution >= 0.6 is 0 Å². The first-order valence-electron chi connectivity index (χ1n) is 9.42. The van der Waals surface area contributed by atoms with Crippen LogP contribution < -0.4 is 5.32 Å². The van der Waals surface area contributed by atoms with E-state index in [-0.39, 0.29) is 18.3 Å². The molecule has 9 nitrogen and oxygen atoms in total. The first-order chi connectivity index (χ1) is 13.1. The summed E-state index contributed by atoms with van der Waals surface area (Å²) in [6, 6.07) is 0. The monoisotopic (exact) mass is 393 g/mol. The Bertz CT molecular complexity index is 367. The molecule has 0 saturated carbocycles. The fraction of sp³-hybridized carbons (Fsp3) is 0.889. The Morgan fingerprint density at radius 1 is 0.852 bits per heavy atom. The minimum Gasteiger partial charge on any atom is -0.394 e. The molecule has 0 radical (unpaired) electrons. The van der Waals surface area contributed by atoms with Crippen molar-refractivity contribution in [1.29, 1.82) is 0 Å². The van der Waals surface area contributed by atoms with E-state index in [1.807, 2.05) is 0 Å². The summed E-state index contributed by atoms with van der Waals surface area (Å²) in [4.78, 5) is 22.2. The van der Waals surface area contributed by atoms with Crippen LogP contribution in [0.15, 0.2) is 0 Å². The zero-order chi connectivity index (χ0) is 20.2. The van der Waals surface area contributed by atoms with E-state index in [4.69, 9.17) is 29.2 Å². The normalized spacial score (nSPS) is 12.1. The van der Waals surface area contributed by atoms with Gasteiger partial charge in [0.15, 0.2) is 0 Å². The SMILES string of the molecule is CC(=O)CCOCCOCCOCCOCCNC(=O)CCCC(O)CO. The molecule has 0 saturated heterocycles. The van der Waals surface area contributed by atoms with Gasteiger partial charge in [0.2, 0.25) is 5.91 Å². The molecule has 0 aromatic rings. The standard InChI is InChI=1S/C18H35NO8/c1-16(21)5-7-24-9-11-26-13-14-27-12-10-25-8-6-19-18(23)4-2-3-17(22)15-20/h17,20,22H,2-15H2,1H3,(H,19,23). The molecule has 0 aromatic carbocycles. The third-order valence-electron chi connectivity index (χ3n) is 3.43. The maximum Gasteiger partial charge on any atom is 0.220 e. The van der Waals surface area contributed by atoms with E-state index in [2.05, 4.69) is 5.32 Å². The third-order valence-corrected chi connectivity index (χ3v) is 3.43. The summed E-state index contributed by atoms with van der Waals surface area (Å²) >= 11 is 0. The van der Waals surface area contributed by atoms with Crippen molar-refractivity contribution in [3.05, 3.63) is 0 Å². The van der Waals surface area contributed by atoms with Gasteiger partial charge in [0.05, 0.1) is 65.6 Å². The van der Waals surface area contributed by atoms with Crippen LogP contribution in [0.25, 0.3) is 0 Å². The number of hydrogen-bond donors (Lipinski definition) is 3. The molecule has 9 heteroatoms. The highest BCUT2D eigenvalue weighted by Crippen LogP contribution is 1.99. The predicted octanol–water partition coefficient (Wildman–Crippen LogP) is -0.328. The highest BCUT2D eigenvalue weighted by molar-refractivity contribution is 5.75. The minimum atomic E-state index is -0.752. The third kappa shape index (κ3) is 21.1. The van der Waals surface area contributed by atoms with E-state index < -0.39 is 6.10 Å². The zero-order valence-corrected chi connectivity index (χ0v) is 16.3. The van der Waals surface area contributed by atoms with E-state index in [0.717, 1.165) is 0 Å². The molecule has 0 spiro atoms. The van der Waals surface area contributed by atoms with Crippen LogP contribution in [0.4, 0.5) is 0 Å². The summed E-state index contributed by atoms with van der Waals surface area (Å²) in [5, 5.41) is 20.5. The van der Waals surface area contributed by atoms with Crippen LogP contribution in [-0.4, -0.2) is 94.0 Å². The Labute approximate surface area is 161 Å². The van der Waals surface area contributed by atoms with Gasteiger partial charge in [-0.25, -0.2) is 0 Å². The molecule has 0 aliphatic heterocycles. The molecule has 3 N–H and O–H groups in total. The molecular weight excluding hydrogens is 358 g/mol. The van der Waals surface area contributed by atoms with Crippen LogP contribution in [-0.2, 0) is 28.5 Å². The summed E-state index contributed by atoms with van der Waals surface area (Å²) < 4.78 is 21.2. The second-order valence-corrected chi connectivity index (χ2v) is 5.98. The van der Waals surface area contributed by atoms with Crippen molar-refractivity contribution in [3.63, 3.8) is 0 Å². The lowest BCUT2D eigenvalue weighted by molar-refractivity contribution is -0.121. The molecule has 0 heterocycles. The van der Waals surface area contributed by atoms with Gasteiger partial charge in [-0.15, -0.1) is 0 Å². The molecule has 27 heavy (non-hydrogen) atoms. The number of rotatable bonds is 20. The number of amides is 1. The van der Waals surface area contributed by atoms with Crippen molar-refractivity contribution in [2.75, 3.05) is 66.0 Å². The Morgan fingerprint density at radius 2 is 1.37 bits per heavy atom. The highest BCUT2D eigenvalue weighted by Gasteiger charge is 2.05. The Hall–Kier alpha value is -1.10. The average molecular weight is 393 g/mol. The Balaban J connectivity index is 3.16. The highest BCUT2D eigenvalue weighted by atomic mass is 16.6. The van der Waals surface area contributed by atoms with E-state index >= 15 is 0 Å². The molecule has 160 valence electrons. The molecule has 0 aliphatic rings. The van der Waals surface area contributed by atoms with Gasteiger partial charge < -0.3 is 34.5 Å². The van der Waals surface area contributed by atoms with Crippen LogP contribution in [0.3, 0.4) is 0 Å². The maximum absolute atomic E-state index is 11.5. The van der Waals surface area contributed by atoms with Gasteiger partial charge in [0, 0.05) is 19.4 Å². The quantitative estimate of drug-likeness (QED) is 0.240. The van der Waals surface area contributed by atoms with E-state index in [1.54, 1.807) is 0 Å². The van der Waals surface area contributed by atoms with E-state index in [0.29, 0.717) is 85.1 Å². The molecule has 1 atom stereocenters. The van der Waals surface area contributed by atoms with Crippen molar-refractivity contribution in [2.45, 2.75) is 38.7 Å². The van der Waals surface area contributed by atoms with Gasteiger partial charge in [0.1, 0.15) is 5.78 Å². The van der Waals surface area contributed by atoms with Gasteiger partial charge in [-0.3, -0.25) is 9.59 Å². The van der Waals surface area contributed by atoms with Crippen LogP contribution in [0, 0.1) is 0 Å². The summed E-state index contributed by atoms with van der Waals surface area (Å²) in [6.07, 6.45) is 0.949.